The van der Waals surface area contributed by atoms with Crippen LogP contribution in [0.3, 0.4) is 0 Å². The van der Waals surface area contributed by atoms with Crippen LogP contribution >= 0.6 is 0 Å². The Bertz CT molecular complexity index is 3190. The molecule has 0 aliphatic carbocycles. The van der Waals surface area contributed by atoms with E-state index in [0.29, 0.717) is 24.5 Å². The van der Waals surface area contributed by atoms with Gasteiger partial charge in [0.15, 0.2) is 0 Å². The zero-order valence-electron chi connectivity index (χ0n) is 45.6. The van der Waals surface area contributed by atoms with Crippen molar-refractivity contribution in [3.8, 4) is 45.3 Å². The van der Waals surface area contributed by atoms with E-state index in [0.717, 1.165) is 115 Å². The van der Waals surface area contributed by atoms with Crippen molar-refractivity contribution >= 4 is 29.4 Å². The van der Waals surface area contributed by atoms with Crippen LogP contribution in [0.5, 0.6) is 0 Å². The highest BCUT2D eigenvalue weighted by molar-refractivity contribution is 5.79. The maximum Gasteiger partial charge on any atom is 0.407 e. The summed E-state index contributed by atoms with van der Waals surface area (Å²) in [6.07, 6.45) is 11.3. The molecule has 2 aliphatic rings. The third-order valence-corrected chi connectivity index (χ3v) is 13.7. The minimum Gasteiger partial charge on any atom is -0.444 e. The number of rotatable bonds is 13. The summed E-state index contributed by atoms with van der Waals surface area (Å²) >= 11 is 0. The van der Waals surface area contributed by atoms with E-state index in [1.54, 1.807) is 0 Å². The van der Waals surface area contributed by atoms with Crippen LogP contribution < -0.4 is 21.3 Å². The zero-order chi connectivity index (χ0) is 53.3. The second-order valence-electron chi connectivity index (χ2n) is 21.4. The molecule has 0 bridgehead atoms. The zero-order valence-corrected chi connectivity index (χ0v) is 45.6. The van der Waals surface area contributed by atoms with Crippen LogP contribution in [0.2, 0.25) is 0 Å². The molecule has 2 fully saturated rings. The Labute approximate surface area is 448 Å². The molecule has 4 N–H and O–H groups in total. The lowest BCUT2D eigenvalue weighted by molar-refractivity contribution is 0.0519. The van der Waals surface area contributed by atoms with Gasteiger partial charge in [0.2, 0.25) is 11.9 Å². The number of nitrogens with one attached hydrogen (secondary N) is 4. The quantitative estimate of drug-likeness (QED) is 0.0865. The number of carbonyl (C=O) groups excluding carboxylic acids is 1. The lowest BCUT2D eigenvalue weighted by atomic mass is 10.0. The number of imidazole rings is 2. The van der Waals surface area contributed by atoms with Crippen LogP contribution in [-0.4, -0.2) is 94.9 Å². The van der Waals surface area contributed by atoms with Gasteiger partial charge < -0.3 is 40.0 Å². The molecule has 8 aromatic rings. The van der Waals surface area contributed by atoms with Gasteiger partial charge in [-0.1, -0.05) is 71.8 Å². The molecule has 15 nitrogen and oxygen atoms in total. The van der Waals surface area contributed by atoms with Gasteiger partial charge in [-0.25, -0.2) is 34.7 Å². The number of carbonyl (C=O) groups is 1. The van der Waals surface area contributed by atoms with Crippen molar-refractivity contribution in [1.29, 1.82) is 0 Å². The molecule has 2 saturated heterocycles. The molecule has 6 heterocycles. The molecule has 4 aromatic heterocycles. The number of anilines is 4. The molecule has 4 aromatic carbocycles. The normalized spacial score (nSPS) is 14.4. The Morgan fingerprint density at radius 3 is 1.45 bits per heavy atom. The Hall–Kier alpha value is -7.75. The van der Waals surface area contributed by atoms with E-state index in [-0.39, 0.29) is 12.1 Å². The van der Waals surface area contributed by atoms with Gasteiger partial charge in [0.25, 0.3) is 0 Å². The van der Waals surface area contributed by atoms with E-state index < -0.39 is 5.60 Å². The average molecular weight is 1020 g/mol. The summed E-state index contributed by atoms with van der Waals surface area (Å²) in [4.78, 5) is 43.2. The summed E-state index contributed by atoms with van der Waals surface area (Å²) in [5, 5.41) is 13.1. The molecule has 2 aliphatic heterocycles. The fourth-order valence-electron chi connectivity index (χ4n) is 10.2. The van der Waals surface area contributed by atoms with Crippen LogP contribution in [0, 0.1) is 41.5 Å². The van der Waals surface area contributed by atoms with Crippen LogP contribution in [0.1, 0.15) is 91.9 Å². The molecule has 0 atom stereocenters. The predicted molar refractivity (Wildman–Crippen MR) is 305 cm³/mol. The van der Waals surface area contributed by atoms with Crippen molar-refractivity contribution in [2.24, 2.45) is 0 Å². The summed E-state index contributed by atoms with van der Waals surface area (Å²) in [5.74, 6) is 1.14. The van der Waals surface area contributed by atoms with Crippen molar-refractivity contribution in [2.75, 3.05) is 49.9 Å². The third-order valence-electron chi connectivity index (χ3n) is 13.7. The highest BCUT2D eigenvalue weighted by Crippen LogP contribution is 2.37. The number of piperidine rings is 2. The van der Waals surface area contributed by atoms with E-state index in [1.165, 1.54) is 33.4 Å². The third kappa shape index (κ3) is 13.7. The summed E-state index contributed by atoms with van der Waals surface area (Å²) < 4.78 is 9.98. The Balaban J connectivity index is 0.000000192. The molecule has 76 heavy (non-hydrogen) atoms. The predicted octanol–water partition coefficient (Wildman–Crippen LogP) is 12.4. The van der Waals surface area contributed by atoms with Gasteiger partial charge in [0.05, 0.1) is 46.8 Å². The first-order valence-corrected chi connectivity index (χ1v) is 26.7. The van der Waals surface area contributed by atoms with Crippen molar-refractivity contribution in [2.45, 2.75) is 106 Å². The lowest BCUT2D eigenvalue weighted by Crippen LogP contribution is -2.41. The minimum absolute atomic E-state index is 0.280. The number of nitrogens with zero attached hydrogens (tertiary/aromatic N) is 9. The molecule has 1 amide bonds. The molecular formula is C61H73N13O2. The average Bonchev–Trinajstić information content (AvgIpc) is 4.07. The van der Waals surface area contributed by atoms with Gasteiger partial charge in [0.1, 0.15) is 5.60 Å². The molecule has 0 radical (unpaired) electrons. The fraction of sp³-hybridized carbons (Fsp3) is 0.361. The maximum absolute atomic E-state index is 12.0. The van der Waals surface area contributed by atoms with Crippen LogP contribution in [0.4, 0.5) is 28.1 Å². The summed E-state index contributed by atoms with van der Waals surface area (Å²) in [7, 11) is 0. The van der Waals surface area contributed by atoms with Gasteiger partial charge in [0, 0.05) is 73.2 Å². The molecular weight excluding hydrogens is 947 g/mol. The number of hydrogen-bond donors (Lipinski definition) is 4. The van der Waals surface area contributed by atoms with Crippen molar-refractivity contribution < 1.29 is 9.53 Å². The monoisotopic (exact) mass is 1020 g/mol. The Morgan fingerprint density at radius 1 is 0.579 bits per heavy atom. The van der Waals surface area contributed by atoms with E-state index in [1.807, 2.05) is 58.0 Å². The van der Waals surface area contributed by atoms with E-state index in [4.69, 9.17) is 24.7 Å². The SMILES string of the molecule is Cc1ccc(-c2ncn(C3CCN(CCNC(=O)OC(C)(C)C)CC3)c2-c2ccnc(Nc3cc(C)cc(C)c3)n2)cc1.Cc1ccc(-c2ncn(C3CCNCC3)c2-c2ccnc(Nc3cc(C)cc(C)c3)n2)cc1. The molecule has 0 saturated carbocycles. The smallest absolute Gasteiger partial charge is 0.407 e. The largest absolute Gasteiger partial charge is 0.444 e. The van der Waals surface area contributed by atoms with Gasteiger partial charge in [-0.15, -0.1) is 0 Å². The number of hydrogen-bond acceptors (Lipinski definition) is 12. The maximum atomic E-state index is 12.0. The number of alkyl carbamates (subject to hydrolysis) is 1. The lowest BCUT2D eigenvalue weighted by Gasteiger charge is -2.33. The number of aromatic nitrogens is 8. The van der Waals surface area contributed by atoms with Crippen LogP contribution in [0.15, 0.2) is 122 Å². The van der Waals surface area contributed by atoms with Gasteiger partial charge in [-0.2, -0.15) is 0 Å². The highest BCUT2D eigenvalue weighted by Gasteiger charge is 2.27. The first-order chi connectivity index (χ1) is 36.6. The fourth-order valence-corrected chi connectivity index (χ4v) is 10.2. The topological polar surface area (TPSA) is 165 Å². The van der Waals surface area contributed by atoms with Crippen molar-refractivity contribution in [3.05, 3.63) is 155 Å². The first kappa shape index (κ1) is 53.1. The number of aryl methyl sites for hydroxylation is 6. The molecule has 0 spiro atoms. The van der Waals surface area contributed by atoms with E-state index >= 15 is 0 Å². The molecule has 10 rings (SSSR count). The summed E-state index contributed by atoms with van der Waals surface area (Å²) in [5.41, 5.74) is 16.5. The standard InChI is InChI=1S/C34H43N7O2.C27H30N6/c1-23-7-9-26(10-8-23)30-31(29-11-14-35-32(39-29)38-27-20-24(2)19-25(3)21-27)41(22-37-30)28-12-16-40(17-13-28)18-15-36-33(42)43-34(4,5)6;1-18-4-6-21(7-5-18)25-26(33(17-30-25)23-8-11-28-12-9-23)24-10-13-29-27(32-24)31-22-15-19(2)14-20(3)16-22/h7-11,14,19-22,28H,12-13,15-18H2,1-6H3,(H,36,42)(H,35,38,39);4-7,10,13-17,23,28H,8-9,11-12H2,1-3H3,(H,29,31,32). The number of ether oxygens (including phenoxy) is 1. The molecule has 15 heteroatoms. The number of likely N-dealkylation sites (tertiary alicyclic amines) is 1. The molecule has 394 valence electrons. The first-order valence-electron chi connectivity index (χ1n) is 26.7. The van der Waals surface area contributed by atoms with Crippen molar-refractivity contribution in [3.63, 3.8) is 0 Å². The summed E-state index contributed by atoms with van der Waals surface area (Å²) in [6, 6.07) is 34.4. The Morgan fingerprint density at radius 2 is 1.01 bits per heavy atom. The molecule has 0 unspecified atom stereocenters. The van der Waals surface area contributed by atoms with E-state index in [9.17, 15) is 4.79 Å². The van der Waals surface area contributed by atoms with Gasteiger partial charge in [-0.3, -0.25) is 0 Å². The van der Waals surface area contributed by atoms with Crippen molar-refractivity contribution in [1.82, 2.24) is 54.6 Å². The minimum atomic E-state index is -0.498. The van der Waals surface area contributed by atoms with Crippen LogP contribution in [0.25, 0.3) is 45.3 Å². The summed E-state index contributed by atoms with van der Waals surface area (Å²) in [6.45, 7) is 23.4. The second-order valence-corrected chi connectivity index (χ2v) is 21.4. The van der Waals surface area contributed by atoms with E-state index in [2.05, 4.69) is 172 Å². The Kier molecular flexibility index (Phi) is 16.7. The number of benzene rings is 4. The second kappa shape index (κ2) is 23.8. The number of amides is 1. The van der Waals surface area contributed by atoms with Gasteiger partial charge >= 0.3 is 6.09 Å². The highest BCUT2D eigenvalue weighted by atomic mass is 16.6. The van der Waals surface area contributed by atoms with Gasteiger partial charge in [-0.05, 0) is 160 Å². The van der Waals surface area contributed by atoms with Crippen LogP contribution in [-0.2, 0) is 4.74 Å².